The molecule has 1 N–H and O–H groups in total. The molecular weight excluding hydrogens is 240 g/mol. The third kappa shape index (κ3) is 3.72. The molecule has 3 heteroatoms. The summed E-state index contributed by atoms with van der Waals surface area (Å²) >= 11 is 0. The summed E-state index contributed by atoms with van der Waals surface area (Å²) in [6, 6.07) is 6.86. The minimum Gasteiger partial charge on any atom is -0.508 e. The third-order valence-corrected chi connectivity index (χ3v) is 3.74. The van der Waals surface area contributed by atoms with E-state index in [0.29, 0.717) is 0 Å². The summed E-state index contributed by atoms with van der Waals surface area (Å²) in [5.41, 5.74) is 0.943. The number of hydrogen-bond donors (Lipinski definition) is 1. The number of cyclic esters (lactones) is 1. The number of carbonyl (C=O) groups excluding carboxylic acids is 1. The number of ether oxygens (including phenoxy) is 1. The maximum Gasteiger partial charge on any atom is 0.313 e. The van der Waals surface area contributed by atoms with Crippen LogP contribution in [-0.2, 0) is 9.53 Å². The van der Waals surface area contributed by atoms with Crippen molar-refractivity contribution >= 4 is 5.97 Å². The lowest BCUT2D eigenvalue weighted by Gasteiger charge is -2.08. The number of aromatic hydroxyl groups is 1. The molecule has 0 unspecified atom stereocenters. The lowest BCUT2D eigenvalue weighted by molar-refractivity contribution is -0.142. The van der Waals surface area contributed by atoms with Crippen LogP contribution in [0.15, 0.2) is 24.3 Å². The second kappa shape index (κ2) is 6.60. The molecule has 0 bridgehead atoms. The Balaban J connectivity index is 1.87. The molecule has 2 rings (SSSR count). The van der Waals surface area contributed by atoms with Crippen molar-refractivity contribution in [2.24, 2.45) is 0 Å². The van der Waals surface area contributed by atoms with Crippen LogP contribution in [0.4, 0.5) is 0 Å². The SMILES string of the molecule is CCCCCC[C@@H]1C[C@H](c2ccc(O)cc2)C(=O)O1. The molecule has 1 fully saturated rings. The van der Waals surface area contributed by atoms with Gasteiger partial charge in [0, 0.05) is 6.42 Å². The fourth-order valence-electron chi connectivity index (χ4n) is 2.61. The van der Waals surface area contributed by atoms with Crippen LogP contribution in [0.3, 0.4) is 0 Å². The Morgan fingerprint density at radius 3 is 2.63 bits per heavy atom. The van der Waals surface area contributed by atoms with Gasteiger partial charge >= 0.3 is 5.97 Å². The molecule has 0 saturated carbocycles. The number of phenols is 1. The van der Waals surface area contributed by atoms with Crippen LogP contribution in [-0.4, -0.2) is 17.2 Å². The highest BCUT2D eigenvalue weighted by atomic mass is 16.5. The predicted octanol–water partition coefficient (Wildman–Crippen LogP) is 3.76. The quantitative estimate of drug-likeness (QED) is 0.627. The Kier molecular flexibility index (Phi) is 4.83. The van der Waals surface area contributed by atoms with Gasteiger partial charge in [-0.05, 0) is 30.5 Å². The monoisotopic (exact) mass is 262 g/mol. The van der Waals surface area contributed by atoms with Crippen molar-refractivity contribution in [3.8, 4) is 5.75 Å². The molecule has 0 spiro atoms. The van der Waals surface area contributed by atoms with Crippen LogP contribution >= 0.6 is 0 Å². The third-order valence-electron chi connectivity index (χ3n) is 3.74. The van der Waals surface area contributed by atoms with Gasteiger partial charge in [-0.2, -0.15) is 0 Å². The zero-order valence-electron chi connectivity index (χ0n) is 11.5. The number of carbonyl (C=O) groups is 1. The minimum atomic E-state index is -0.156. The topological polar surface area (TPSA) is 46.5 Å². The lowest BCUT2D eigenvalue weighted by atomic mass is 9.94. The molecule has 1 aliphatic heterocycles. The van der Waals surface area contributed by atoms with Gasteiger partial charge in [-0.3, -0.25) is 4.79 Å². The van der Waals surface area contributed by atoms with E-state index in [9.17, 15) is 9.90 Å². The van der Waals surface area contributed by atoms with Gasteiger partial charge in [-0.25, -0.2) is 0 Å². The lowest BCUT2D eigenvalue weighted by Crippen LogP contribution is -2.06. The van der Waals surface area contributed by atoms with E-state index >= 15 is 0 Å². The van der Waals surface area contributed by atoms with Crippen LogP contribution in [0.1, 0.15) is 56.9 Å². The Labute approximate surface area is 114 Å². The van der Waals surface area contributed by atoms with Crippen molar-refractivity contribution < 1.29 is 14.6 Å². The highest BCUT2D eigenvalue weighted by Gasteiger charge is 2.34. The zero-order valence-corrected chi connectivity index (χ0v) is 11.5. The van der Waals surface area contributed by atoms with Crippen molar-refractivity contribution in [1.82, 2.24) is 0 Å². The number of rotatable bonds is 6. The fourth-order valence-corrected chi connectivity index (χ4v) is 2.61. The smallest absolute Gasteiger partial charge is 0.313 e. The average molecular weight is 262 g/mol. The van der Waals surface area contributed by atoms with Crippen molar-refractivity contribution in [2.45, 2.75) is 57.5 Å². The fraction of sp³-hybridized carbons (Fsp3) is 0.562. The van der Waals surface area contributed by atoms with Crippen LogP contribution < -0.4 is 0 Å². The zero-order chi connectivity index (χ0) is 13.7. The molecular formula is C16H22O3. The van der Waals surface area contributed by atoms with Crippen LogP contribution in [0.5, 0.6) is 5.75 Å². The van der Waals surface area contributed by atoms with Crippen LogP contribution in [0, 0.1) is 0 Å². The first-order valence-corrected chi connectivity index (χ1v) is 7.20. The molecule has 1 aliphatic rings. The normalized spacial score (nSPS) is 22.5. The van der Waals surface area contributed by atoms with Gasteiger partial charge in [-0.15, -0.1) is 0 Å². The largest absolute Gasteiger partial charge is 0.508 e. The van der Waals surface area contributed by atoms with E-state index in [1.54, 1.807) is 24.3 Å². The number of hydrogen-bond acceptors (Lipinski definition) is 3. The summed E-state index contributed by atoms with van der Waals surface area (Å²) in [5.74, 6) is -0.0470. The number of benzene rings is 1. The molecule has 104 valence electrons. The van der Waals surface area contributed by atoms with E-state index in [2.05, 4.69) is 6.92 Å². The molecule has 1 aromatic rings. The summed E-state index contributed by atoms with van der Waals surface area (Å²) in [5, 5.41) is 9.27. The van der Waals surface area contributed by atoms with Crippen LogP contribution in [0.25, 0.3) is 0 Å². The molecule has 0 aliphatic carbocycles. The first kappa shape index (κ1) is 13.9. The van der Waals surface area contributed by atoms with E-state index < -0.39 is 0 Å². The number of esters is 1. The van der Waals surface area contributed by atoms with Gasteiger partial charge in [-0.1, -0.05) is 38.3 Å². The highest BCUT2D eigenvalue weighted by Crippen LogP contribution is 2.33. The standard InChI is InChI=1S/C16H22O3/c1-2-3-4-5-6-14-11-15(16(18)19-14)12-7-9-13(17)10-8-12/h7-10,14-15,17H,2-6,11H2,1H3/t14-,15-/m1/s1. The number of unbranched alkanes of at least 4 members (excludes halogenated alkanes) is 3. The maximum atomic E-state index is 11.9. The predicted molar refractivity (Wildman–Crippen MR) is 74.1 cm³/mol. The molecule has 0 aromatic heterocycles. The maximum absolute atomic E-state index is 11.9. The summed E-state index contributed by atoms with van der Waals surface area (Å²) in [4.78, 5) is 11.9. The molecule has 0 radical (unpaired) electrons. The van der Waals surface area contributed by atoms with Gasteiger partial charge in [0.25, 0.3) is 0 Å². The first-order chi connectivity index (χ1) is 9.20. The summed E-state index contributed by atoms with van der Waals surface area (Å²) < 4.78 is 5.44. The van der Waals surface area contributed by atoms with Crippen molar-refractivity contribution in [3.05, 3.63) is 29.8 Å². The van der Waals surface area contributed by atoms with Crippen molar-refractivity contribution in [1.29, 1.82) is 0 Å². The van der Waals surface area contributed by atoms with E-state index in [0.717, 1.165) is 24.8 Å². The van der Waals surface area contributed by atoms with Gasteiger partial charge in [0.05, 0.1) is 5.92 Å². The summed E-state index contributed by atoms with van der Waals surface area (Å²) in [6.07, 6.45) is 6.64. The highest BCUT2D eigenvalue weighted by molar-refractivity contribution is 5.80. The van der Waals surface area contributed by atoms with E-state index in [1.165, 1.54) is 19.3 Å². The van der Waals surface area contributed by atoms with Gasteiger partial charge in [0.2, 0.25) is 0 Å². The molecule has 1 heterocycles. The van der Waals surface area contributed by atoms with Gasteiger partial charge < -0.3 is 9.84 Å². The summed E-state index contributed by atoms with van der Waals surface area (Å²) in [7, 11) is 0. The van der Waals surface area contributed by atoms with Gasteiger partial charge in [0.15, 0.2) is 0 Å². The first-order valence-electron chi connectivity index (χ1n) is 7.20. The van der Waals surface area contributed by atoms with Crippen molar-refractivity contribution in [3.63, 3.8) is 0 Å². The second-order valence-corrected chi connectivity index (χ2v) is 5.29. The Morgan fingerprint density at radius 2 is 1.95 bits per heavy atom. The Bertz CT molecular complexity index is 411. The minimum absolute atomic E-state index is 0.0724. The Hall–Kier alpha value is -1.51. The average Bonchev–Trinajstić information content (AvgIpc) is 2.77. The molecule has 3 nitrogen and oxygen atoms in total. The second-order valence-electron chi connectivity index (χ2n) is 5.29. The Morgan fingerprint density at radius 1 is 1.21 bits per heavy atom. The molecule has 1 aromatic carbocycles. The molecule has 2 atom stereocenters. The molecule has 19 heavy (non-hydrogen) atoms. The molecule has 0 amide bonds. The van der Waals surface area contributed by atoms with Gasteiger partial charge in [0.1, 0.15) is 11.9 Å². The van der Waals surface area contributed by atoms with E-state index in [-0.39, 0.29) is 23.7 Å². The van der Waals surface area contributed by atoms with E-state index in [4.69, 9.17) is 4.74 Å². The molecule has 1 saturated heterocycles. The number of phenolic OH excluding ortho intramolecular Hbond substituents is 1. The van der Waals surface area contributed by atoms with Crippen molar-refractivity contribution in [2.75, 3.05) is 0 Å². The van der Waals surface area contributed by atoms with E-state index in [1.807, 2.05) is 0 Å². The summed E-state index contributed by atoms with van der Waals surface area (Å²) in [6.45, 7) is 2.19. The van der Waals surface area contributed by atoms with Crippen LogP contribution in [0.2, 0.25) is 0 Å².